The monoisotopic (exact) mass is 187 g/mol. The first-order valence-corrected chi connectivity index (χ1v) is 5.17. The molecule has 0 aliphatic carbocycles. The average molecular weight is 187 g/mol. The predicted octanol–water partition coefficient (Wildman–Crippen LogP) is -0.474. The van der Waals surface area contributed by atoms with Crippen molar-refractivity contribution >= 4 is 10.0 Å². The maximum Gasteiger partial charge on any atom is 0.209 e. The summed E-state index contributed by atoms with van der Waals surface area (Å²) in [6.45, 7) is 0.139. The molecule has 66 valence electrons. The van der Waals surface area contributed by atoms with Gasteiger partial charge in [0.05, 0.1) is 12.8 Å². The maximum absolute atomic E-state index is 10.6. The predicted molar refractivity (Wildman–Crippen MR) is 43.7 cm³/mol. The van der Waals surface area contributed by atoms with Gasteiger partial charge in [-0.25, -0.2) is 23.1 Å². The second-order valence-electron chi connectivity index (χ2n) is 2.26. The molecule has 0 amide bonds. The van der Waals surface area contributed by atoms with E-state index in [1.165, 1.54) is 0 Å². The number of hydrogen-bond donors (Lipinski definition) is 1. The zero-order chi connectivity index (χ0) is 9.03. The van der Waals surface area contributed by atoms with Crippen LogP contribution in [0, 0.1) is 0 Å². The van der Waals surface area contributed by atoms with Crippen molar-refractivity contribution in [1.29, 1.82) is 0 Å². The molecule has 1 rings (SSSR count). The standard InChI is InChI=1S/C6H9N3O2S/c1-12(10,11)9-5-6-7-3-2-4-8-6/h2-4,9H,5H2,1H3. The second-order valence-corrected chi connectivity index (χ2v) is 4.09. The summed E-state index contributed by atoms with van der Waals surface area (Å²) >= 11 is 0. The van der Waals surface area contributed by atoms with E-state index in [-0.39, 0.29) is 6.54 Å². The second kappa shape index (κ2) is 3.59. The number of nitrogens with zero attached hydrogens (tertiary/aromatic N) is 2. The summed E-state index contributed by atoms with van der Waals surface area (Å²) in [5.41, 5.74) is 0. The van der Waals surface area contributed by atoms with Gasteiger partial charge in [0.25, 0.3) is 0 Å². The minimum absolute atomic E-state index is 0.139. The normalized spacial score (nSPS) is 11.4. The van der Waals surface area contributed by atoms with Crippen LogP contribution in [0.25, 0.3) is 0 Å². The highest BCUT2D eigenvalue weighted by Gasteiger charge is 2.00. The van der Waals surface area contributed by atoms with Crippen LogP contribution >= 0.6 is 0 Å². The first kappa shape index (κ1) is 9.08. The molecule has 1 aromatic rings. The van der Waals surface area contributed by atoms with E-state index in [1.54, 1.807) is 18.5 Å². The lowest BCUT2D eigenvalue weighted by Gasteiger charge is -1.98. The minimum Gasteiger partial charge on any atom is -0.240 e. The molecule has 0 radical (unpaired) electrons. The van der Waals surface area contributed by atoms with Crippen molar-refractivity contribution in [2.24, 2.45) is 0 Å². The van der Waals surface area contributed by atoms with Crippen LogP contribution in [0.5, 0.6) is 0 Å². The topological polar surface area (TPSA) is 72.0 Å². The summed E-state index contributed by atoms with van der Waals surface area (Å²) in [7, 11) is -3.15. The zero-order valence-corrected chi connectivity index (χ0v) is 7.37. The third-order valence-corrected chi connectivity index (χ3v) is 1.78. The van der Waals surface area contributed by atoms with Crippen molar-refractivity contribution in [3.63, 3.8) is 0 Å². The van der Waals surface area contributed by atoms with Gasteiger partial charge < -0.3 is 0 Å². The SMILES string of the molecule is CS(=O)(=O)NCc1ncccn1. The van der Waals surface area contributed by atoms with Crippen LogP contribution in [-0.2, 0) is 16.6 Å². The molecule has 0 aromatic carbocycles. The fourth-order valence-electron chi connectivity index (χ4n) is 0.617. The Morgan fingerprint density at radius 3 is 2.50 bits per heavy atom. The lowest BCUT2D eigenvalue weighted by Crippen LogP contribution is -2.22. The Balaban J connectivity index is 2.56. The number of rotatable bonds is 3. The number of aromatic nitrogens is 2. The quantitative estimate of drug-likeness (QED) is 0.694. The van der Waals surface area contributed by atoms with Crippen molar-refractivity contribution < 1.29 is 8.42 Å². The van der Waals surface area contributed by atoms with Gasteiger partial charge in [-0.2, -0.15) is 0 Å². The molecule has 12 heavy (non-hydrogen) atoms. The highest BCUT2D eigenvalue weighted by molar-refractivity contribution is 7.88. The van der Waals surface area contributed by atoms with E-state index < -0.39 is 10.0 Å². The first-order chi connectivity index (χ1) is 5.58. The summed E-state index contributed by atoms with van der Waals surface area (Å²) in [6.07, 6.45) is 4.22. The molecule has 0 aliphatic heterocycles. The van der Waals surface area contributed by atoms with E-state index in [1.807, 2.05) is 0 Å². The highest BCUT2D eigenvalue weighted by atomic mass is 32.2. The van der Waals surface area contributed by atoms with E-state index in [9.17, 15) is 8.42 Å². The van der Waals surface area contributed by atoms with Gasteiger partial charge in [-0.05, 0) is 6.07 Å². The average Bonchev–Trinajstić information content (AvgIpc) is 2.02. The molecule has 0 aliphatic rings. The third-order valence-electron chi connectivity index (χ3n) is 1.11. The van der Waals surface area contributed by atoms with Crippen LogP contribution in [-0.4, -0.2) is 24.6 Å². The van der Waals surface area contributed by atoms with E-state index in [0.717, 1.165) is 6.26 Å². The van der Waals surface area contributed by atoms with Gasteiger partial charge in [-0.3, -0.25) is 0 Å². The van der Waals surface area contributed by atoms with Crippen LogP contribution < -0.4 is 4.72 Å². The Morgan fingerprint density at radius 2 is 2.00 bits per heavy atom. The fraction of sp³-hybridized carbons (Fsp3) is 0.333. The summed E-state index contributed by atoms with van der Waals surface area (Å²) in [4.78, 5) is 7.69. The van der Waals surface area contributed by atoms with E-state index in [2.05, 4.69) is 14.7 Å². The maximum atomic E-state index is 10.6. The zero-order valence-electron chi connectivity index (χ0n) is 6.56. The molecule has 1 aromatic heterocycles. The summed E-state index contributed by atoms with van der Waals surface area (Å²) in [6, 6.07) is 1.67. The van der Waals surface area contributed by atoms with Crippen LogP contribution in [0.15, 0.2) is 18.5 Å². The largest absolute Gasteiger partial charge is 0.240 e. The Labute approximate surface area is 70.9 Å². The fourth-order valence-corrected chi connectivity index (χ4v) is 1.01. The van der Waals surface area contributed by atoms with Crippen molar-refractivity contribution in [1.82, 2.24) is 14.7 Å². The molecule has 0 bridgehead atoms. The molecule has 6 heteroatoms. The summed E-state index contributed by atoms with van der Waals surface area (Å²) < 4.78 is 23.6. The molecule has 0 atom stereocenters. The molecule has 1 N–H and O–H groups in total. The molecule has 0 saturated carbocycles. The van der Waals surface area contributed by atoms with Crippen molar-refractivity contribution in [3.05, 3.63) is 24.3 Å². The van der Waals surface area contributed by atoms with Crippen LogP contribution in [0.2, 0.25) is 0 Å². The van der Waals surface area contributed by atoms with Gasteiger partial charge in [0, 0.05) is 12.4 Å². The Bertz CT molecular complexity index is 335. The van der Waals surface area contributed by atoms with Gasteiger partial charge in [-0.1, -0.05) is 0 Å². The smallest absolute Gasteiger partial charge is 0.209 e. The lowest BCUT2D eigenvalue weighted by atomic mass is 10.6. The van der Waals surface area contributed by atoms with Gasteiger partial charge in [-0.15, -0.1) is 0 Å². The van der Waals surface area contributed by atoms with Gasteiger partial charge in [0.2, 0.25) is 10.0 Å². The van der Waals surface area contributed by atoms with E-state index >= 15 is 0 Å². The number of hydrogen-bond acceptors (Lipinski definition) is 4. The molecule has 1 heterocycles. The van der Waals surface area contributed by atoms with Gasteiger partial charge in [0.1, 0.15) is 5.82 Å². The number of nitrogens with one attached hydrogen (secondary N) is 1. The highest BCUT2D eigenvalue weighted by Crippen LogP contribution is 1.87. The summed E-state index contributed by atoms with van der Waals surface area (Å²) in [5.74, 6) is 0.461. The number of sulfonamides is 1. The Kier molecular flexibility index (Phi) is 2.72. The van der Waals surface area contributed by atoms with Crippen molar-refractivity contribution in [3.8, 4) is 0 Å². The van der Waals surface area contributed by atoms with Crippen LogP contribution in [0.3, 0.4) is 0 Å². The molecule has 0 saturated heterocycles. The Morgan fingerprint density at radius 1 is 1.42 bits per heavy atom. The third kappa shape index (κ3) is 3.40. The molecule has 0 unspecified atom stereocenters. The van der Waals surface area contributed by atoms with E-state index in [0.29, 0.717) is 5.82 Å². The molecule has 5 nitrogen and oxygen atoms in total. The van der Waals surface area contributed by atoms with Gasteiger partial charge >= 0.3 is 0 Å². The molecular formula is C6H9N3O2S. The first-order valence-electron chi connectivity index (χ1n) is 3.28. The summed E-state index contributed by atoms with van der Waals surface area (Å²) in [5, 5.41) is 0. The molecular weight excluding hydrogens is 178 g/mol. The van der Waals surface area contributed by atoms with Crippen LogP contribution in [0.4, 0.5) is 0 Å². The van der Waals surface area contributed by atoms with Crippen molar-refractivity contribution in [2.75, 3.05) is 6.26 Å². The van der Waals surface area contributed by atoms with Crippen LogP contribution in [0.1, 0.15) is 5.82 Å². The molecule has 0 spiro atoms. The van der Waals surface area contributed by atoms with Crippen molar-refractivity contribution in [2.45, 2.75) is 6.54 Å². The van der Waals surface area contributed by atoms with E-state index in [4.69, 9.17) is 0 Å². The lowest BCUT2D eigenvalue weighted by molar-refractivity contribution is 0.585. The minimum atomic E-state index is -3.15. The Hall–Kier alpha value is -1.01. The molecule has 0 fully saturated rings. The van der Waals surface area contributed by atoms with Gasteiger partial charge in [0.15, 0.2) is 0 Å².